The second kappa shape index (κ2) is 5.14. The van der Waals surface area contributed by atoms with Crippen LogP contribution in [0.1, 0.15) is 12.0 Å². The Bertz CT molecular complexity index is 391. The van der Waals surface area contributed by atoms with E-state index in [9.17, 15) is 4.79 Å². The van der Waals surface area contributed by atoms with E-state index in [-0.39, 0.29) is 18.4 Å². The van der Waals surface area contributed by atoms with Gasteiger partial charge in [-0.25, -0.2) is 4.98 Å². The third-order valence-electron chi connectivity index (χ3n) is 2.93. The van der Waals surface area contributed by atoms with Gasteiger partial charge in [-0.15, -0.1) is 0 Å². The summed E-state index contributed by atoms with van der Waals surface area (Å²) in [5, 5.41) is 9.03. The van der Waals surface area contributed by atoms with Gasteiger partial charge in [0.05, 0.1) is 7.11 Å². The summed E-state index contributed by atoms with van der Waals surface area (Å²) in [6.07, 6.45) is 2.15. The van der Waals surface area contributed by atoms with Crippen molar-refractivity contribution in [2.75, 3.05) is 20.3 Å². The molecule has 17 heavy (non-hydrogen) atoms. The van der Waals surface area contributed by atoms with Gasteiger partial charge in [0.25, 0.3) is 0 Å². The van der Waals surface area contributed by atoms with Gasteiger partial charge in [-0.05, 0) is 5.56 Å². The van der Waals surface area contributed by atoms with Gasteiger partial charge in [0.2, 0.25) is 11.8 Å². The van der Waals surface area contributed by atoms with Crippen LogP contribution in [0, 0.1) is 5.92 Å². The molecule has 1 fully saturated rings. The molecule has 1 atom stereocenters. The number of aliphatic hydroxyl groups excluding tert-OH is 1. The number of aromatic nitrogens is 1. The van der Waals surface area contributed by atoms with Gasteiger partial charge >= 0.3 is 0 Å². The summed E-state index contributed by atoms with van der Waals surface area (Å²) < 4.78 is 4.97. The summed E-state index contributed by atoms with van der Waals surface area (Å²) in [7, 11) is 1.57. The zero-order chi connectivity index (χ0) is 12.3. The molecule has 1 aromatic heterocycles. The number of likely N-dealkylation sites (tertiary alicyclic amines) is 1. The van der Waals surface area contributed by atoms with Gasteiger partial charge in [-0.1, -0.05) is 6.07 Å². The predicted octanol–water partition coefficient (Wildman–Crippen LogP) is 0.431. The van der Waals surface area contributed by atoms with E-state index in [2.05, 4.69) is 4.98 Å². The van der Waals surface area contributed by atoms with Gasteiger partial charge in [0, 0.05) is 44.3 Å². The van der Waals surface area contributed by atoms with Crippen molar-refractivity contribution in [1.82, 2.24) is 9.88 Å². The highest BCUT2D eigenvalue weighted by molar-refractivity contribution is 5.78. The lowest BCUT2D eigenvalue weighted by molar-refractivity contribution is -0.128. The molecule has 0 saturated carbocycles. The summed E-state index contributed by atoms with van der Waals surface area (Å²) in [5.74, 6) is 0.739. The van der Waals surface area contributed by atoms with Crippen molar-refractivity contribution < 1.29 is 14.6 Å². The number of ether oxygens (including phenoxy) is 1. The lowest BCUT2D eigenvalue weighted by atomic mass is 10.1. The Morgan fingerprint density at radius 2 is 2.41 bits per heavy atom. The first-order valence-electron chi connectivity index (χ1n) is 5.60. The van der Waals surface area contributed by atoms with Crippen LogP contribution in [-0.4, -0.2) is 41.2 Å². The number of hydrogen-bond donors (Lipinski definition) is 1. The molecule has 0 radical (unpaired) electrons. The Kier molecular flexibility index (Phi) is 3.58. The van der Waals surface area contributed by atoms with Gasteiger partial charge in [0.15, 0.2) is 0 Å². The Morgan fingerprint density at radius 1 is 1.59 bits per heavy atom. The van der Waals surface area contributed by atoms with Crippen LogP contribution in [-0.2, 0) is 11.3 Å². The van der Waals surface area contributed by atoms with Crippen molar-refractivity contribution in [3.8, 4) is 5.88 Å². The number of amides is 1. The molecule has 1 unspecified atom stereocenters. The lowest BCUT2D eigenvalue weighted by Crippen LogP contribution is -2.25. The molecule has 0 aliphatic carbocycles. The van der Waals surface area contributed by atoms with Crippen LogP contribution in [0.4, 0.5) is 0 Å². The molecule has 1 aliphatic heterocycles. The van der Waals surface area contributed by atoms with Crippen molar-refractivity contribution in [3.63, 3.8) is 0 Å². The molecule has 2 heterocycles. The average molecular weight is 236 g/mol. The first-order valence-corrected chi connectivity index (χ1v) is 5.60. The molecule has 0 aromatic carbocycles. The van der Waals surface area contributed by atoms with E-state index in [1.807, 2.05) is 6.07 Å². The van der Waals surface area contributed by atoms with Crippen molar-refractivity contribution in [2.45, 2.75) is 13.0 Å². The molecule has 0 spiro atoms. The Balaban J connectivity index is 1.98. The van der Waals surface area contributed by atoms with Crippen LogP contribution in [0.25, 0.3) is 0 Å². The van der Waals surface area contributed by atoms with E-state index in [4.69, 9.17) is 9.84 Å². The van der Waals surface area contributed by atoms with Crippen LogP contribution in [0.5, 0.6) is 5.88 Å². The summed E-state index contributed by atoms with van der Waals surface area (Å²) >= 11 is 0. The predicted molar refractivity (Wildman–Crippen MR) is 61.4 cm³/mol. The normalized spacial score (nSPS) is 19.8. The molecule has 92 valence electrons. The molecule has 1 aromatic rings. The maximum atomic E-state index is 11.6. The van der Waals surface area contributed by atoms with Crippen LogP contribution >= 0.6 is 0 Å². The Hall–Kier alpha value is -1.62. The van der Waals surface area contributed by atoms with Crippen molar-refractivity contribution >= 4 is 5.91 Å². The number of hydrogen-bond acceptors (Lipinski definition) is 4. The molecular weight excluding hydrogens is 220 g/mol. The highest BCUT2D eigenvalue weighted by atomic mass is 16.5. The number of carbonyl (C=O) groups excluding carboxylic acids is 1. The molecule has 1 N–H and O–H groups in total. The number of methoxy groups -OCH3 is 1. The molecule has 1 saturated heterocycles. The third-order valence-corrected chi connectivity index (χ3v) is 2.93. The van der Waals surface area contributed by atoms with E-state index < -0.39 is 0 Å². The SMILES string of the molecule is COc1ccc(CN2CC(CO)CC2=O)cn1. The fraction of sp³-hybridized carbons (Fsp3) is 0.500. The first-order chi connectivity index (χ1) is 8.22. The zero-order valence-corrected chi connectivity index (χ0v) is 9.80. The van der Waals surface area contributed by atoms with Gasteiger partial charge in [0.1, 0.15) is 0 Å². The molecule has 0 bridgehead atoms. The molecule has 2 rings (SSSR count). The summed E-state index contributed by atoms with van der Waals surface area (Å²) in [5.41, 5.74) is 0.970. The van der Waals surface area contributed by atoms with Crippen LogP contribution in [0.2, 0.25) is 0 Å². The van der Waals surface area contributed by atoms with E-state index in [1.54, 1.807) is 24.3 Å². The molecular formula is C12H16N2O3. The largest absolute Gasteiger partial charge is 0.481 e. The number of rotatable bonds is 4. The summed E-state index contributed by atoms with van der Waals surface area (Å²) in [6.45, 7) is 1.25. The number of nitrogens with zero attached hydrogens (tertiary/aromatic N) is 2. The van der Waals surface area contributed by atoms with Gasteiger partial charge < -0.3 is 14.7 Å². The summed E-state index contributed by atoms with van der Waals surface area (Å²) in [4.78, 5) is 17.5. The minimum absolute atomic E-state index is 0.0725. The molecule has 1 aliphatic rings. The number of aliphatic hydroxyl groups is 1. The van der Waals surface area contributed by atoms with Crippen molar-refractivity contribution in [2.24, 2.45) is 5.92 Å². The van der Waals surface area contributed by atoms with E-state index in [0.29, 0.717) is 25.4 Å². The van der Waals surface area contributed by atoms with Crippen LogP contribution in [0.15, 0.2) is 18.3 Å². The smallest absolute Gasteiger partial charge is 0.223 e. The van der Waals surface area contributed by atoms with Crippen LogP contribution < -0.4 is 4.74 Å². The number of pyridine rings is 1. The third kappa shape index (κ3) is 2.74. The zero-order valence-electron chi connectivity index (χ0n) is 9.80. The monoisotopic (exact) mass is 236 g/mol. The van der Waals surface area contributed by atoms with Gasteiger partial charge in [-0.3, -0.25) is 4.79 Å². The minimum atomic E-state index is 0.0725. The average Bonchev–Trinajstić information content (AvgIpc) is 2.71. The maximum Gasteiger partial charge on any atom is 0.223 e. The molecule has 1 amide bonds. The van der Waals surface area contributed by atoms with Gasteiger partial charge in [-0.2, -0.15) is 0 Å². The first kappa shape index (κ1) is 11.9. The topological polar surface area (TPSA) is 62.7 Å². The Labute approximate surface area is 100 Å². The lowest BCUT2D eigenvalue weighted by Gasteiger charge is -2.16. The highest BCUT2D eigenvalue weighted by Gasteiger charge is 2.28. The van der Waals surface area contributed by atoms with Crippen LogP contribution in [0.3, 0.4) is 0 Å². The second-order valence-electron chi connectivity index (χ2n) is 4.24. The van der Waals surface area contributed by atoms with E-state index >= 15 is 0 Å². The summed E-state index contributed by atoms with van der Waals surface area (Å²) in [6, 6.07) is 3.67. The maximum absolute atomic E-state index is 11.6. The standard InChI is InChI=1S/C12H16N2O3/c1-17-11-3-2-9(5-13-11)6-14-7-10(8-15)4-12(14)16/h2-3,5,10,15H,4,6-8H2,1H3. The van der Waals surface area contributed by atoms with E-state index in [0.717, 1.165) is 5.56 Å². The van der Waals surface area contributed by atoms with Crippen molar-refractivity contribution in [1.29, 1.82) is 0 Å². The molecule has 5 heteroatoms. The van der Waals surface area contributed by atoms with E-state index in [1.165, 1.54) is 0 Å². The second-order valence-corrected chi connectivity index (χ2v) is 4.24. The Morgan fingerprint density at radius 3 is 2.94 bits per heavy atom. The molecule has 5 nitrogen and oxygen atoms in total. The van der Waals surface area contributed by atoms with Crippen molar-refractivity contribution in [3.05, 3.63) is 23.9 Å². The quantitative estimate of drug-likeness (QED) is 0.823. The number of carbonyl (C=O) groups is 1. The minimum Gasteiger partial charge on any atom is -0.481 e. The fourth-order valence-corrected chi connectivity index (χ4v) is 1.97. The highest BCUT2D eigenvalue weighted by Crippen LogP contribution is 2.19. The fourth-order valence-electron chi connectivity index (χ4n) is 1.97.